The van der Waals surface area contributed by atoms with E-state index in [4.69, 9.17) is 14.7 Å². The van der Waals surface area contributed by atoms with E-state index in [1.165, 1.54) is 18.4 Å². The minimum Gasteiger partial charge on any atom is -0.481 e. The number of hydrogen-bond donors (Lipinski definition) is 1. The second-order valence-electron chi connectivity index (χ2n) is 7.42. The van der Waals surface area contributed by atoms with Gasteiger partial charge in [-0.05, 0) is 42.7 Å². The molecule has 4 atom stereocenters. The van der Waals surface area contributed by atoms with Crippen molar-refractivity contribution >= 4 is 12.2 Å². The standard InChI is InChI=1S/C21H29NO4/c1-2-3-4-10-25-22-14-18-17(19-8-9-20(18)26-19)12-15-6-5-7-16(11-15)13-21(23)24/h5-7,11,14,17-20H,2-4,8-10,12-13H2,1H3,(H,23,24)/t17-,18+,19-,20+/m0/s1. The Morgan fingerprint density at radius 3 is 2.92 bits per heavy atom. The van der Waals surface area contributed by atoms with Crippen molar-refractivity contribution in [2.24, 2.45) is 17.0 Å². The zero-order valence-corrected chi connectivity index (χ0v) is 15.5. The summed E-state index contributed by atoms with van der Waals surface area (Å²) in [6.45, 7) is 2.85. The van der Waals surface area contributed by atoms with Gasteiger partial charge in [0.2, 0.25) is 0 Å². The number of carboxylic acid groups (broad SMARTS) is 1. The molecule has 142 valence electrons. The zero-order chi connectivity index (χ0) is 18.4. The SMILES string of the molecule is CCCCCON=C[C@@H]1[C@H](Cc2cccc(CC(=O)O)c2)[C@@H]2CC[C@H]1O2. The number of carbonyl (C=O) groups is 1. The molecule has 1 aromatic rings. The maximum absolute atomic E-state index is 10.9. The topological polar surface area (TPSA) is 68.1 Å². The molecular weight excluding hydrogens is 330 g/mol. The van der Waals surface area contributed by atoms with Crippen molar-refractivity contribution in [3.63, 3.8) is 0 Å². The lowest BCUT2D eigenvalue weighted by Gasteiger charge is -2.25. The zero-order valence-electron chi connectivity index (χ0n) is 15.5. The first-order valence-corrected chi connectivity index (χ1v) is 9.78. The molecule has 2 aliphatic heterocycles. The molecule has 0 spiro atoms. The molecule has 0 aromatic heterocycles. The van der Waals surface area contributed by atoms with Crippen LogP contribution >= 0.6 is 0 Å². The van der Waals surface area contributed by atoms with Gasteiger partial charge in [-0.2, -0.15) is 0 Å². The molecule has 0 unspecified atom stereocenters. The van der Waals surface area contributed by atoms with E-state index in [0.717, 1.165) is 31.2 Å². The minimum absolute atomic E-state index is 0.0670. The lowest BCUT2D eigenvalue weighted by molar-refractivity contribution is -0.136. The number of fused-ring (bicyclic) bond motifs is 2. The Bertz CT molecular complexity index is 630. The van der Waals surface area contributed by atoms with Gasteiger partial charge in [-0.15, -0.1) is 0 Å². The van der Waals surface area contributed by atoms with E-state index in [1.54, 1.807) is 0 Å². The summed E-state index contributed by atoms with van der Waals surface area (Å²) in [7, 11) is 0. The number of nitrogens with zero attached hydrogens (tertiary/aromatic N) is 1. The van der Waals surface area contributed by atoms with Crippen LogP contribution in [0.5, 0.6) is 0 Å². The molecule has 0 radical (unpaired) electrons. The molecule has 0 saturated carbocycles. The highest BCUT2D eigenvalue weighted by Gasteiger charge is 2.48. The number of unbranched alkanes of at least 4 members (excludes halogenated alkanes) is 2. The summed E-state index contributed by atoms with van der Waals surface area (Å²) < 4.78 is 6.12. The largest absolute Gasteiger partial charge is 0.481 e. The summed E-state index contributed by atoms with van der Waals surface area (Å²) in [5, 5.41) is 13.2. The Morgan fingerprint density at radius 2 is 2.12 bits per heavy atom. The normalized spacial score (nSPS) is 27.3. The van der Waals surface area contributed by atoms with Gasteiger partial charge in [0.25, 0.3) is 0 Å². The van der Waals surface area contributed by atoms with Crippen molar-refractivity contribution in [2.75, 3.05) is 6.61 Å². The first-order chi connectivity index (χ1) is 12.7. The van der Waals surface area contributed by atoms with Gasteiger partial charge in [0.15, 0.2) is 0 Å². The summed E-state index contributed by atoms with van der Waals surface area (Å²) in [4.78, 5) is 16.4. The maximum Gasteiger partial charge on any atom is 0.307 e. The first-order valence-electron chi connectivity index (χ1n) is 9.78. The monoisotopic (exact) mass is 359 g/mol. The van der Waals surface area contributed by atoms with E-state index in [2.05, 4.69) is 18.1 Å². The van der Waals surface area contributed by atoms with Crippen LogP contribution < -0.4 is 0 Å². The summed E-state index contributed by atoms with van der Waals surface area (Å²) in [5.74, 6) is -0.129. The summed E-state index contributed by atoms with van der Waals surface area (Å²) in [6, 6.07) is 7.90. The van der Waals surface area contributed by atoms with Gasteiger partial charge < -0.3 is 14.7 Å². The Kier molecular flexibility index (Phi) is 6.67. The highest BCUT2D eigenvalue weighted by molar-refractivity contribution is 5.70. The molecule has 2 bridgehead atoms. The average molecular weight is 359 g/mol. The third-order valence-corrected chi connectivity index (χ3v) is 5.45. The molecule has 0 amide bonds. The van der Waals surface area contributed by atoms with E-state index < -0.39 is 5.97 Å². The molecule has 5 nitrogen and oxygen atoms in total. The number of oxime groups is 1. The Hall–Kier alpha value is -1.88. The molecule has 5 heteroatoms. The second kappa shape index (κ2) is 9.17. The van der Waals surface area contributed by atoms with Crippen LogP contribution in [0, 0.1) is 11.8 Å². The van der Waals surface area contributed by atoms with Gasteiger partial charge in [0.1, 0.15) is 6.61 Å². The highest BCUT2D eigenvalue weighted by atomic mass is 16.6. The van der Waals surface area contributed by atoms with Crippen LogP contribution in [0.15, 0.2) is 29.4 Å². The van der Waals surface area contributed by atoms with E-state index in [0.29, 0.717) is 12.5 Å². The predicted octanol–water partition coefficient (Wildman–Crippen LogP) is 3.84. The van der Waals surface area contributed by atoms with Gasteiger partial charge >= 0.3 is 5.97 Å². The molecule has 3 rings (SSSR count). The smallest absolute Gasteiger partial charge is 0.307 e. The van der Waals surface area contributed by atoms with Gasteiger partial charge in [0.05, 0.1) is 18.6 Å². The predicted molar refractivity (Wildman–Crippen MR) is 100 cm³/mol. The van der Waals surface area contributed by atoms with Crippen LogP contribution in [0.2, 0.25) is 0 Å². The van der Waals surface area contributed by atoms with E-state index >= 15 is 0 Å². The van der Waals surface area contributed by atoms with Crippen LogP contribution in [-0.2, 0) is 27.2 Å². The van der Waals surface area contributed by atoms with Crippen molar-refractivity contribution in [3.05, 3.63) is 35.4 Å². The van der Waals surface area contributed by atoms with E-state index in [9.17, 15) is 4.79 Å². The van der Waals surface area contributed by atoms with Crippen molar-refractivity contribution in [1.82, 2.24) is 0 Å². The van der Waals surface area contributed by atoms with E-state index in [-0.39, 0.29) is 24.5 Å². The molecule has 1 aromatic carbocycles. The minimum atomic E-state index is -0.796. The Balaban J connectivity index is 1.60. The molecule has 0 aliphatic carbocycles. The molecule has 26 heavy (non-hydrogen) atoms. The third kappa shape index (κ3) is 4.85. The summed E-state index contributed by atoms with van der Waals surface area (Å²) >= 11 is 0. The lowest BCUT2D eigenvalue weighted by Crippen LogP contribution is -2.30. The molecule has 1 N–H and O–H groups in total. The fraction of sp³-hybridized carbons (Fsp3) is 0.619. The average Bonchev–Trinajstić information content (AvgIpc) is 3.20. The fourth-order valence-corrected chi connectivity index (χ4v) is 4.18. The second-order valence-corrected chi connectivity index (χ2v) is 7.42. The van der Waals surface area contributed by atoms with Crippen LogP contribution in [0.25, 0.3) is 0 Å². The maximum atomic E-state index is 10.9. The first kappa shape index (κ1) is 18.9. The van der Waals surface area contributed by atoms with Crippen LogP contribution in [0.4, 0.5) is 0 Å². The van der Waals surface area contributed by atoms with Gasteiger partial charge in [-0.3, -0.25) is 4.79 Å². The van der Waals surface area contributed by atoms with Crippen molar-refractivity contribution in [2.45, 2.75) is 64.1 Å². The van der Waals surface area contributed by atoms with E-state index in [1.807, 2.05) is 24.4 Å². The third-order valence-electron chi connectivity index (χ3n) is 5.45. The molecule has 2 aliphatic rings. The van der Waals surface area contributed by atoms with Crippen LogP contribution in [0.3, 0.4) is 0 Å². The number of aliphatic carboxylic acids is 1. The number of ether oxygens (including phenoxy) is 1. The van der Waals surface area contributed by atoms with Gasteiger partial charge in [-0.1, -0.05) is 49.2 Å². The Labute approximate surface area is 155 Å². The van der Waals surface area contributed by atoms with Crippen molar-refractivity contribution < 1.29 is 19.5 Å². The fourth-order valence-electron chi connectivity index (χ4n) is 4.18. The number of hydrogen-bond acceptors (Lipinski definition) is 4. The van der Waals surface area contributed by atoms with Crippen molar-refractivity contribution in [1.29, 1.82) is 0 Å². The quantitative estimate of drug-likeness (QED) is 0.391. The van der Waals surface area contributed by atoms with Crippen molar-refractivity contribution in [3.8, 4) is 0 Å². The number of carboxylic acids is 1. The van der Waals surface area contributed by atoms with Crippen LogP contribution in [0.1, 0.15) is 50.2 Å². The summed E-state index contributed by atoms with van der Waals surface area (Å²) in [6.07, 6.45) is 9.01. The molecule has 2 heterocycles. The van der Waals surface area contributed by atoms with Gasteiger partial charge in [-0.25, -0.2) is 0 Å². The molecule has 2 saturated heterocycles. The van der Waals surface area contributed by atoms with Gasteiger partial charge in [0, 0.05) is 12.1 Å². The summed E-state index contributed by atoms with van der Waals surface area (Å²) in [5.41, 5.74) is 2.02. The number of benzene rings is 1. The molecule has 2 fully saturated rings. The molecular formula is C21H29NO4. The Morgan fingerprint density at radius 1 is 1.31 bits per heavy atom. The highest BCUT2D eigenvalue weighted by Crippen LogP contribution is 2.44. The number of rotatable bonds is 10. The lowest BCUT2D eigenvalue weighted by atomic mass is 9.76. The van der Waals surface area contributed by atoms with Crippen LogP contribution in [-0.4, -0.2) is 36.1 Å².